The minimum Gasteiger partial charge on any atom is -0.353 e. The van der Waals surface area contributed by atoms with Crippen molar-refractivity contribution in [1.29, 1.82) is 0 Å². The molecule has 1 aromatic carbocycles. The van der Waals surface area contributed by atoms with E-state index in [-0.39, 0.29) is 22.4 Å². The molecule has 0 aliphatic carbocycles. The van der Waals surface area contributed by atoms with Gasteiger partial charge in [0.1, 0.15) is 10.8 Å². The predicted octanol–water partition coefficient (Wildman–Crippen LogP) is 3.00. The van der Waals surface area contributed by atoms with Crippen molar-refractivity contribution in [2.45, 2.75) is 0 Å². The molecule has 0 atom stereocenters. The van der Waals surface area contributed by atoms with Crippen LogP contribution in [0.4, 0.5) is 22.0 Å². The van der Waals surface area contributed by atoms with Crippen LogP contribution in [-0.2, 0) is 0 Å². The Kier molecular flexibility index (Phi) is 4.99. The molecule has 0 radical (unpaired) electrons. The Hall–Kier alpha value is -2.87. The Bertz CT molecular complexity index is 779. The zero-order valence-electron chi connectivity index (χ0n) is 13.3. The Morgan fingerprint density at radius 1 is 1.16 bits per heavy atom. The first kappa shape index (κ1) is 17.0. The summed E-state index contributed by atoms with van der Waals surface area (Å²) in [6.07, 6.45) is 1.73. The normalized spacial score (nSPS) is 14.3. The minimum atomic E-state index is -0.580. The number of hydrogen-bond donors (Lipinski definition) is 1. The number of aromatic nitrogens is 1. The first-order chi connectivity index (χ1) is 12.1. The number of nitrogens with zero attached hydrogens (tertiary/aromatic N) is 4. The van der Waals surface area contributed by atoms with E-state index in [0.29, 0.717) is 26.2 Å². The third-order valence-electron chi connectivity index (χ3n) is 3.96. The first-order valence-corrected chi connectivity index (χ1v) is 8.09. The Labute approximate surface area is 149 Å². The number of nitrogens with one attached hydrogen (secondary N) is 1. The van der Waals surface area contributed by atoms with Crippen molar-refractivity contribution in [2.24, 2.45) is 0 Å². The van der Waals surface area contributed by atoms with Gasteiger partial charge in [0.15, 0.2) is 0 Å². The summed E-state index contributed by atoms with van der Waals surface area (Å²) in [5.41, 5.74) is -0.00698. The number of nitro groups is 1. The van der Waals surface area contributed by atoms with Gasteiger partial charge in [0, 0.05) is 38.4 Å². The molecule has 3 rings (SSSR count). The van der Waals surface area contributed by atoms with Crippen molar-refractivity contribution in [3.8, 4) is 0 Å². The van der Waals surface area contributed by atoms with Crippen molar-refractivity contribution >= 4 is 34.8 Å². The van der Waals surface area contributed by atoms with Gasteiger partial charge >= 0.3 is 6.03 Å². The summed E-state index contributed by atoms with van der Waals surface area (Å²) in [5.74, 6) is 0.879. The quantitative estimate of drug-likeness (QED) is 0.670. The second kappa shape index (κ2) is 7.35. The first-order valence-electron chi connectivity index (χ1n) is 7.71. The van der Waals surface area contributed by atoms with E-state index in [9.17, 15) is 14.9 Å². The lowest BCUT2D eigenvalue weighted by molar-refractivity contribution is -0.384. The number of piperazine rings is 1. The molecule has 9 heteroatoms. The van der Waals surface area contributed by atoms with Crippen LogP contribution < -0.4 is 10.2 Å². The highest BCUT2D eigenvalue weighted by molar-refractivity contribution is 6.35. The SMILES string of the molecule is O=C(Nc1cccc([N+](=O)[O-])c1Cl)N1CCN(c2ccccn2)CC1. The molecule has 1 N–H and O–H groups in total. The van der Waals surface area contributed by atoms with E-state index in [1.165, 1.54) is 18.2 Å². The van der Waals surface area contributed by atoms with Gasteiger partial charge in [-0.15, -0.1) is 0 Å². The highest BCUT2D eigenvalue weighted by Gasteiger charge is 2.23. The number of rotatable bonds is 3. The molecule has 8 nitrogen and oxygen atoms in total. The number of anilines is 2. The van der Waals surface area contributed by atoms with E-state index in [0.717, 1.165) is 5.82 Å². The fraction of sp³-hybridized carbons (Fsp3) is 0.250. The lowest BCUT2D eigenvalue weighted by Gasteiger charge is -2.35. The van der Waals surface area contributed by atoms with Crippen molar-refractivity contribution in [1.82, 2.24) is 9.88 Å². The van der Waals surface area contributed by atoms with Crippen LogP contribution in [0, 0.1) is 10.1 Å². The smallest absolute Gasteiger partial charge is 0.322 e. The van der Waals surface area contributed by atoms with Crippen LogP contribution in [0.15, 0.2) is 42.6 Å². The molecular formula is C16H16ClN5O3. The van der Waals surface area contributed by atoms with Crippen LogP contribution in [0.1, 0.15) is 0 Å². The molecule has 1 aromatic heterocycles. The van der Waals surface area contributed by atoms with Crippen molar-refractivity contribution < 1.29 is 9.72 Å². The highest BCUT2D eigenvalue weighted by atomic mass is 35.5. The van der Waals surface area contributed by atoms with Crippen LogP contribution in [0.2, 0.25) is 5.02 Å². The molecule has 1 aliphatic rings. The number of benzene rings is 1. The summed E-state index contributed by atoms with van der Waals surface area (Å²) < 4.78 is 0. The van der Waals surface area contributed by atoms with Gasteiger partial charge < -0.3 is 15.1 Å². The van der Waals surface area contributed by atoms with Gasteiger partial charge in [-0.25, -0.2) is 9.78 Å². The Balaban J connectivity index is 1.62. The lowest BCUT2D eigenvalue weighted by atomic mass is 10.2. The number of carbonyl (C=O) groups excluding carboxylic acids is 1. The summed E-state index contributed by atoms with van der Waals surface area (Å²) in [4.78, 5) is 30.8. The van der Waals surface area contributed by atoms with Gasteiger partial charge in [-0.05, 0) is 18.2 Å². The third kappa shape index (κ3) is 3.80. The van der Waals surface area contributed by atoms with Crippen molar-refractivity contribution in [2.75, 3.05) is 36.4 Å². The van der Waals surface area contributed by atoms with E-state index < -0.39 is 4.92 Å². The lowest BCUT2D eigenvalue weighted by Crippen LogP contribution is -2.50. The maximum atomic E-state index is 12.4. The zero-order valence-corrected chi connectivity index (χ0v) is 14.0. The number of halogens is 1. The molecule has 2 heterocycles. The fourth-order valence-corrected chi connectivity index (χ4v) is 2.87. The summed E-state index contributed by atoms with van der Waals surface area (Å²) in [6, 6.07) is 9.70. The van der Waals surface area contributed by atoms with Crippen LogP contribution in [-0.4, -0.2) is 47.0 Å². The van der Waals surface area contributed by atoms with Gasteiger partial charge in [0.25, 0.3) is 5.69 Å². The molecule has 0 saturated carbocycles. The fourth-order valence-electron chi connectivity index (χ4n) is 2.63. The Morgan fingerprint density at radius 2 is 1.92 bits per heavy atom. The molecule has 1 saturated heterocycles. The van der Waals surface area contributed by atoms with E-state index >= 15 is 0 Å². The second-order valence-corrected chi connectivity index (χ2v) is 5.87. The van der Waals surface area contributed by atoms with E-state index in [4.69, 9.17) is 11.6 Å². The molecule has 2 aromatic rings. The molecule has 0 unspecified atom stereocenters. The van der Waals surface area contributed by atoms with Crippen molar-refractivity contribution in [3.05, 3.63) is 57.7 Å². The number of carbonyl (C=O) groups is 1. The highest BCUT2D eigenvalue weighted by Crippen LogP contribution is 2.31. The van der Waals surface area contributed by atoms with Crippen molar-refractivity contribution in [3.63, 3.8) is 0 Å². The van der Waals surface area contributed by atoms with Crippen LogP contribution >= 0.6 is 11.6 Å². The average Bonchev–Trinajstić information content (AvgIpc) is 2.64. The number of pyridine rings is 1. The second-order valence-electron chi connectivity index (χ2n) is 5.49. The number of hydrogen-bond acceptors (Lipinski definition) is 5. The molecule has 2 amide bonds. The van der Waals surface area contributed by atoms with Crippen LogP contribution in [0.3, 0.4) is 0 Å². The maximum absolute atomic E-state index is 12.4. The zero-order chi connectivity index (χ0) is 17.8. The predicted molar refractivity (Wildman–Crippen MR) is 95.1 cm³/mol. The van der Waals surface area contributed by atoms with Crippen LogP contribution in [0.25, 0.3) is 0 Å². The average molecular weight is 362 g/mol. The molecule has 1 aliphatic heterocycles. The minimum absolute atomic E-state index is 0.0760. The van der Waals surface area contributed by atoms with E-state index in [1.807, 2.05) is 18.2 Å². The molecule has 130 valence electrons. The molecule has 1 fully saturated rings. The van der Waals surface area contributed by atoms with Gasteiger partial charge in [-0.1, -0.05) is 23.7 Å². The van der Waals surface area contributed by atoms with Gasteiger partial charge in [-0.2, -0.15) is 0 Å². The molecule has 0 spiro atoms. The van der Waals surface area contributed by atoms with E-state index in [2.05, 4.69) is 15.2 Å². The number of nitro benzene ring substituents is 1. The molecule has 0 bridgehead atoms. The summed E-state index contributed by atoms with van der Waals surface area (Å²) in [7, 11) is 0. The van der Waals surface area contributed by atoms with Gasteiger partial charge in [0.05, 0.1) is 10.6 Å². The molecule has 25 heavy (non-hydrogen) atoms. The Morgan fingerprint density at radius 3 is 2.56 bits per heavy atom. The largest absolute Gasteiger partial charge is 0.353 e. The standard InChI is InChI=1S/C16H16ClN5O3/c17-15-12(4-3-5-13(15)22(24)25)19-16(23)21-10-8-20(9-11-21)14-6-1-2-7-18-14/h1-7H,8-11H2,(H,19,23). The summed E-state index contributed by atoms with van der Waals surface area (Å²) >= 11 is 6.00. The summed E-state index contributed by atoms with van der Waals surface area (Å²) in [6.45, 7) is 2.37. The third-order valence-corrected chi connectivity index (χ3v) is 4.35. The topological polar surface area (TPSA) is 91.6 Å². The summed E-state index contributed by atoms with van der Waals surface area (Å²) in [5, 5.41) is 13.5. The molecular weight excluding hydrogens is 346 g/mol. The van der Waals surface area contributed by atoms with Crippen LogP contribution in [0.5, 0.6) is 0 Å². The van der Waals surface area contributed by atoms with Gasteiger partial charge in [0.2, 0.25) is 0 Å². The van der Waals surface area contributed by atoms with Gasteiger partial charge in [-0.3, -0.25) is 10.1 Å². The number of amides is 2. The number of urea groups is 1. The maximum Gasteiger partial charge on any atom is 0.322 e. The monoisotopic (exact) mass is 361 g/mol. The van der Waals surface area contributed by atoms with E-state index in [1.54, 1.807) is 11.1 Å².